The standard InChI is InChI=1S/C23H23N5OS/c1-4-20-25-26-23-28(20)27-22(30-23)18-6-5-7-19(14-18)24-21(29)13-10-16-8-11-17(12-9-16)15(2)3/h5-15H,4H2,1-3H3,(H,24,29)/b13-10+. The van der Waals surface area contributed by atoms with Crippen molar-refractivity contribution in [2.24, 2.45) is 0 Å². The zero-order valence-electron chi connectivity index (χ0n) is 17.2. The first-order valence-electron chi connectivity index (χ1n) is 9.94. The topological polar surface area (TPSA) is 72.2 Å². The molecule has 4 aromatic rings. The quantitative estimate of drug-likeness (QED) is 0.438. The molecule has 0 saturated carbocycles. The Kier molecular flexibility index (Phi) is 5.72. The van der Waals surface area contributed by atoms with Crippen molar-refractivity contribution in [3.05, 3.63) is 71.6 Å². The van der Waals surface area contributed by atoms with Crippen molar-refractivity contribution < 1.29 is 4.79 Å². The zero-order chi connectivity index (χ0) is 21.1. The smallest absolute Gasteiger partial charge is 0.248 e. The molecule has 0 aliphatic rings. The Balaban J connectivity index is 1.46. The maximum Gasteiger partial charge on any atom is 0.248 e. The summed E-state index contributed by atoms with van der Waals surface area (Å²) in [6.07, 6.45) is 4.14. The number of anilines is 1. The number of rotatable bonds is 6. The average Bonchev–Trinajstić information content (AvgIpc) is 3.33. The van der Waals surface area contributed by atoms with Crippen LogP contribution >= 0.6 is 11.3 Å². The molecule has 1 amide bonds. The van der Waals surface area contributed by atoms with Crippen LogP contribution in [-0.4, -0.2) is 25.7 Å². The first-order valence-corrected chi connectivity index (χ1v) is 10.8. The van der Waals surface area contributed by atoms with Crippen LogP contribution in [0.4, 0.5) is 5.69 Å². The summed E-state index contributed by atoms with van der Waals surface area (Å²) < 4.78 is 1.78. The lowest BCUT2D eigenvalue weighted by atomic mass is 10.0. The van der Waals surface area contributed by atoms with Gasteiger partial charge in [-0.25, -0.2) is 0 Å². The van der Waals surface area contributed by atoms with Crippen LogP contribution in [0.3, 0.4) is 0 Å². The lowest BCUT2D eigenvalue weighted by Crippen LogP contribution is -2.07. The molecule has 6 nitrogen and oxygen atoms in total. The summed E-state index contributed by atoms with van der Waals surface area (Å²) in [6, 6.07) is 15.9. The van der Waals surface area contributed by atoms with Gasteiger partial charge in [-0.15, -0.1) is 10.2 Å². The highest BCUT2D eigenvalue weighted by atomic mass is 32.1. The molecule has 0 aliphatic heterocycles. The van der Waals surface area contributed by atoms with Gasteiger partial charge in [-0.05, 0) is 35.3 Å². The van der Waals surface area contributed by atoms with E-state index in [2.05, 4.69) is 46.6 Å². The third kappa shape index (κ3) is 4.31. The molecule has 0 fully saturated rings. The van der Waals surface area contributed by atoms with Crippen LogP contribution in [0.5, 0.6) is 0 Å². The number of aromatic nitrogens is 4. The summed E-state index contributed by atoms with van der Waals surface area (Å²) in [4.78, 5) is 13.1. The van der Waals surface area contributed by atoms with Gasteiger partial charge in [-0.2, -0.15) is 9.61 Å². The summed E-state index contributed by atoms with van der Waals surface area (Å²) >= 11 is 1.48. The number of benzene rings is 2. The van der Waals surface area contributed by atoms with Crippen molar-refractivity contribution in [3.63, 3.8) is 0 Å². The molecule has 0 saturated heterocycles. The number of hydrogen-bond acceptors (Lipinski definition) is 5. The van der Waals surface area contributed by atoms with E-state index in [1.165, 1.54) is 16.9 Å². The number of carbonyl (C=O) groups excluding carboxylic acids is 1. The third-order valence-electron chi connectivity index (χ3n) is 4.78. The molecule has 0 aliphatic carbocycles. The molecule has 0 unspecified atom stereocenters. The van der Waals surface area contributed by atoms with E-state index in [1.807, 2.05) is 49.4 Å². The first kappa shape index (κ1) is 20.0. The van der Waals surface area contributed by atoms with E-state index < -0.39 is 0 Å². The van der Waals surface area contributed by atoms with Crippen molar-refractivity contribution >= 4 is 34.0 Å². The van der Waals surface area contributed by atoms with E-state index in [9.17, 15) is 4.79 Å². The third-order valence-corrected chi connectivity index (χ3v) is 5.73. The number of amides is 1. The Hall–Kier alpha value is -3.32. The lowest BCUT2D eigenvalue weighted by Gasteiger charge is -2.05. The molecule has 2 heterocycles. The van der Waals surface area contributed by atoms with Crippen LogP contribution in [0.15, 0.2) is 54.6 Å². The molecule has 4 rings (SSSR count). The lowest BCUT2D eigenvalue weighted by molar-refractivity contribution is -0.111. The number of nitrogens with one attached hydrogen (secondary N) is 1. The Morgan fingerprint density at radius 1 is 1.17 bits per heavy atom. The molecule has 0 bridgehead atoms. The molecule has 152 valence electrons. The van der Waals surface area contributed by atoms with E-state index in [1.54, 1.807) is 10.6 Å². The van der Waals surface area contributed by atoms with Crippen LogP contribution in [-0.2, 0) is 11.2 Å². The van der Waals surface area contributed by atoms with Gasteiger partial charge in [-0.3, -0.25) is 4.79 Å². The van der Waals surface area contributed by atoms with Crippen molar-refractivity contribution in [1.82, 2.24) is 19.8 Å². The average molecular weight is 418 g/mol. The van der Waals surface area contributed by atoms with Gasteiger partial charge in [0.05, 0.1) is 0 Å². The van der Waals surface area contributed by atoms with Crippen LogP contribution in [0.25, 0.3) is 21.6 Å². The Morgan fingerprint density at radius 2 is 1.97 bits per heavy atom. The van der Waals surface area contributed by atoms with Crippen molar-refractivity contribution in [1.29, 1.82) is 0 Å². The molecular weight excluding hydrogens is 394 g/mol. The highest BCUT2D eigenvalue weighted by Gasteiger charge is 2.12. The highest BCUT2D eigenvalue weighted by molar-refractivity contribution is 7.19. The molecule has 30 heavy (non-hydrogen) atoms. The number of carbonyl (C=O) groups is 1. The predicted molar refractivity (Wildman–Crippen MR) is 122 cm³/mol. The molecule has 2 aromatic heterocycles. The van der Waals surface area contributed by atoms with Gasteiger partial charge in [0.15, 0.2) is 5.82 Å². The molecular formula is C23H23N5OS. The number of nitrogens with zero attached hydrogens (tertiary/aromatic N) is 4. The minimum absolute atomic E-state index is 0.175. The molecule has 0 radical (unpaired) electrons. The van der Waals surface area contributed by atoms with E-state index in [4.69, 9.17) is 0 Å². The fraction of sp³-hybridized carbons (Fsp3) is 0.217. The summed E-state index contributed by atoms with van der Waals surface area (Å²) in [7, 11) is 0. The Morgan fingerprint density at radius 3 is 2.70 bits per heavy atom. The van der Waals surface area contributed by atoms with Crippen LogP contribution in [0, 0.1) is 0 Å². The minimum atomic E-state index is -0.175. The highest BCUT2D eigenvalue weighted by Crippen LogP contribution is 2.27. The second kappa shape index (κ2) is 8.59. The monoisotopic (exact) mass is 417 g/mol. The summed E-state index contributed by atoms with van der Waals surface area (Å²) in [5, 5.41) is 16.7. The fourth-order valence-electron chi connectivity index (χ4n) is 3.07. The van der Waals surface area contributed by atoms with Gasteiger partial charge in [-0.1, -0.05) is 68.5 Å². The van der Waals surface area contributed by atoms with E-state index >= 15 is 0 Å². The van der Waals surface area contributed by atoms with Crippen molar-refractivity contribution in [3.8, 4) is 10.6 Å². The van der Waals surface area contributed by atoms with Crippen molar-refractivity contribution in [2.75, 3.05) is 5.32 Å². The largest absolute Gasteiger partial charge is 0.322 e. The fourth-order valence-corrected chi connectivity index (χ4v) is 3.93. The Labute approximate surface area is 179 Å². The van der Waals surface area contributed by atoms with Gasteiger partial charge < -0.3 is 5.32 Å². The molecule has 1 N–H and O–H groups in total. The predicted octanol–water partition coefficient (Wildman–Crippen LogP) is 5.19. The van der Waals surface area contributed by atoms with Crippen molar-refractivity contribution in [2.45, 2.75) is 33.1 Å². The Bertz CT molecular complexity index is 1200. The molecule has 0 atom stereocenters. The summed E-state index contributed by atoms with van der Waals surface area (Å²) in [6.45, 7) is 6.35. The second-order valence-electron chi connectivity index (χ2n) is 7.30. The molecule has 2 aromatic carbocycles. The number of aryl methyl sites for hydroxylation is 1. The van der Waals surface area contributed by atoms with E-state index in [0.29, 0.717) is 5.92 Å². The number of hydrogen-bond donors (Lipinski definition) is 1. The normalized spacial score (nSPS) is 11.6. The maximum atomic E-state index is 12.4. The second-order valence-corrected chi connectivity index (χ2v) is 8.25. The van der Waals surface area contributed by atoms with E-state index in [0.717, 1.165) is 39.0 Å². The van der Waals surface area contributed by atoms with Gasteiger partial charge in [0.1, 0.15) is 5.01 Å². The van der Waals surface area contributed by atoms with Gasteiger partial charge >= 0.3 is 0 Å². The van der Waals surface area contributed by atoms with E-state index in [-0.39, 0.29) is 5.91 Å². The first-order chi connectivity index (χ1) is 14.5. The molecule has 7 heteroatoms. The zero-order valence-corrected chi connectivity index (χ0v) is 18.0. The summed E-state index contributed by atoms with van der Waals surface area (Å²) in [5.74, 6) is 1.15. The van der Waals surface area contributed by atoms with Gasteiger partial charge in [0, 0.05) is 23.7 Å². The van der Waals surface area contributed by atoms with Crippen LogP contribution in [0.1, 0.15) is 43.6 Å². The SMILES string of the molecule is CCc1nnc2sc(-c3cccc(NC(=O)/C=C/c4ccc(C(C)C)cc4)c3)nn12. The summed E-state index contributed by atoms with van der Waals surface area (Å²) in [5.41, 5.74) is 3.93. The van der Waals surface area contributed by atoms with Gasteiger partial charge in [0.25, 0.3) is 0 Å². The molecule has 0 spiro atoms. The number of fused-ring (bicyclic) bond motifs is 1. The maximum absolute atomic E-state index is 12.4. The minimum Gasteiger partial charge on any atom is -0.322 e. The van der Waals surface area contributed by atoms with Gasteiger partial charge in [0.2, 0.25) is 10.9 Å². The van der Waals surface area contributed by atoms with Crippen LogP contribution in [0.2, 0.25) is 0 Å². The van der Waals surface area contributed by atoms with Crippen LogP contribution < -0.4 is 5.32 Å².